The average molecular weight is 283 g/mol. The van der Waals surface area contributed by atoms with Gasteiger partial charge in [-0.25, -0.2) is 0 Å². The molecule has 114 valence electrons. The molecule has 0 aliphatic heterocycles. The second kappa shape index (κ2) is 7.45. The Morgan fingerprint density at radius 3 is 2.63 bits per heavy atom. The predicted octanol–water partition coefficient (Wildman–Crippen LogP) is 2.88. The zero-order chi connectivity index (χ0) is 14.4. The summed E-state index contributed by atoms with van der Waals surface area (Å²) in [5, 5.41) is 0. The highest BCUT2D eigenvalue weighted by atomic mass is 19.4. The summed E-state index contributed by atoms with van der Waals surface area (Å²) in [5.41, 5.74) is 5.52. The summed E-state index contributed by atoms with van der Waals surface area (Å²) in [6, 6.07) is 0. The Balaban J connectivity index is 2.16. The molecule has 2 unspecified atom stereocenters. The fraction of sp³-hybridized carbons (Fsp3) is 1.00. The Kier molecular flexibility index (Phi) is 6.56. The number of alkyl halides is 3. The van der Waals surface area contributed by atoms with Gasteiger partial charge >= 0.3 is 6.18 Å². The SMILES string of the molecule is CC1CCCC(CN)(OCCCOCC(F)(F)F)C1. The number of nitrogens with two attached hydrogens (primary N) is 1. The van der Waals surface area contributed by atoms with Crippen LogP contribution in [0.3, 0.4) is 0 Å². The zero-order valence-corrected chi connectivity index (χ0v) is 11.5. The molecule has 0 heterocycles. The molecule has 6 heteroatoms. The van der Waals surface area contributed by atoms with Crippen molar-refractivity contribution in [2.75, 3.05) is 26.4 Å². The zero-order valence-electron chi connectivity index (χ0n) is 11.5. The van der Waals surface area contributed by atoms with Gasteiger partial charge in [-0.2, -0.15) is 13.2 Å². The van der Waals surface area contributed by atoms with E-state index >= 15 is 0 Å². The van der Waals surface area contributed by atoms with Crippen LogP contribution in [-0.2, 0) is 9.47 Å². The monoisotopic (exact) mass is 283 g/mol. The Morgan fingerprint density at radius 1 is 1.32 bits per heavy atom. The van der Waals surface area contributed by atoms with Gasteiger partial charge in [0.25, 0.3) is 0 Å². The summed E-state index contributed by atoms with van der Waals surface area (Å²) in [6.45, 7) is 1.93. The highest BCUT2D eigenvalue weighted by Crippen LogP contribution is 2.34. The van der Waals surface area contributed by atoms with Crippen molar-refractivity contribution in [1.82, 2.24) is 0 Å². The van der Waals surface area contributed by atoms with E-state index in [1.54, 1.807) is 0 Å². The molecule has 1 aliphatic rings. The first-order valence-electron chi connectivity index (χ1n) is 6.85. The van der Waals surface area contributed by atoms with Gasteiger partial charge in [-0.3, -0.25) is 0 Å². The number of hydrogen-bond acceptors (Lipinski definition) is 3. The van der Waals surface area contributed by atoms with Crippen molar-refractivity contribution in [3.8, 4) is 0 Å². The molecule has 0 aromatic carbocycles. The van der Waals surface area contributed by atoms with Crippen LogP contribution in [0.5, 0.6) is 0 Å². The molecule has 0 spiro atoms. The second-order valence-corrected chi connectivity index (χ2v) is 5.46. The molecule has 2 N–H and O–H groups in total. The molecule has 0 radical (unpaired) electrons. The van der Waals surface area contributed by atoms with Crippen molar-refractivity contribution >= 4 is 0 Å². The van der Waals surface area contributed by atoms with E-state index in [0.29, 0.717) is 25.5 Å². The average Bonchev–Trinajstić information content (AvgIpc) is 2.32. The molecule has 3 nitrogen and oxygen atoms in total. The molecule has 1 saturated carbocycles. The van der Waals surface area contributed by atoms with Crippen LogP contribution in [0.15, 0.2) is 0 Å². The van der Waals surface area contributed by atoms with Gasteiger partial charge in [0.15, 0.2) is 0 Å². The number of ether oxygens (including phenoxy) is 2. The van der Waals surface area contributed by atoms with Crippen LogP contribution >= 0.6 is 0 Å². The molecule has 0 aromatic heterocycles. The van der Waals surface area contributed by atoms with Crippen LogP contribution < -0.4 is 5.73 Å². The van der Waals surface area contributed by atoms with E-state index in [0.717, 1.165) is 19.3 Å². The summed E-state index contributed by atoms with van der Waals surface area (Å²) in [4.78, 5) is 0. The van der Waals surface area contributed by atoms with Crippen molar-refractivity contribution in [1.29, 1.82) is 0 Å². The van der Waals surface area contributed by atoms with E-state index in [9.17, 15) is 13.2 Å². The normalized spacial score (nSPS) is 28.6. The maximum Gasteiger partial charge on any atom is 0.411 e. The lowest BCUT2D eigenvalue weighted by atomic mass is 9.79. The van der Waals surface area contributed by atoms with Gasteiger partial charge in [0.05, 0.1) is 5.60 Å². The van der Waals surface area contributed by atoms with Crippen LogP contribution in [-0.4, -0.2) is 38.1 Å². The lowest BCUT2D eigenvalue weighted by molar-refractivity contribution is -0.175. The van der Waals surface area contributed by atoms with E-state index in [1.165, 1.54) is 6.42 Å². The number of rotatable bonds is 7. The molecule has 0 bridgehead atoms. The fourth-order valence-electron chi connectivity index (χ4n) is 2.62. The van der Waals surface area contributed by atoms with Gasteiger partial charge in [-0.05, 0) is 25.2 Å². The number of hydrogen-bond donors (Lipinski definition) is 1. The molecular formula is C13H24F3NO2. The highest BCUT2D eigenvalue weighted by molar-refractivity contribution is 4.87. The van der Waals surface area contributed by atoms with Gasteiger partial charge in [0.1, 0.15) is 6.61 Å². The smallest absolute Gasteiger partial charge is 0.374 e. The van der Waals surface area contributed by atoms with Crippen LogP contribution in [0.2, 0.25) is 0 Å². The van der Waals surface area contributed by atoms with Crippen molar-refractivity contribution in [3.05, 3.63) is 0 Å². The third-order valence-electron chi connectivity index (χ3n) is 3.53. The minimum Gasteiger partial charge on any atom is -0.374 e. The van der Waals surface area contributed by atoms with E-state index in [-0.39, 0.29) is 12.2 Å². The quantitative estimate of drug-likeness (QED) is 0.731. The predicted molar refractivity (Wildman–Crippen MR) is 66.9 cm³/mol. The minimum absolute atomic E-state index is 0.0652. The van der Waals surface area contributed by atoms with Crippen molar-refractivity contribution in [3.63, 3.8) is 0 Å². The summed E-state index contributed by atoms with van der Waals surface area (Å²) in [5.74, 6) is 0.596. The van der Waals surface area contributed by atoms with E-state index in [1.807, 2.05) is 0 Å². The van der Waals surface area contributed by atoms with Gasteiger partial charge < -0.3 is 15.2 Å². The maximum atomic E-state index is 11.8. The molecule has 1 rings (SSSR count). The Bertz CT molecular complexity index is 261. The molecule has 2 atom stereocenters. The third-order valence-corrected chi connectivity index (χ3v) is 3.53. The summed E-state index contributed by atoms with van der Waals surface area (Å²) < 4.78 is 45.9. The van der Waals surface area contributed by atoms with Crippen molar-refractivity contribution < 1.29 is 22.6 Å². The van der Waals surface area contributed by atoms with Crippen LogP contribution in [0.25, 0.3) is 0 Å². The molecular weight excluding hydrogens is 259 g/mol. The molecule has 19 heavy (non-hydrogen) atoms. The standard InChI is InChI=1S/C13H24F3NO2/c1-11-4-2-5-12(8-11,9-17)19-7-3-6-18-10-13(14,15)16/h11H,2-10,17H2,1H3. The number of halogens is 3. The van der Waals surface area contributed by atoms with Crippen LogP contribution in [0.1, 0.15) is 39.0 Å². The second-order valence-electron chi connectivity index (χ2n) is 5.46. The lowest BCUT2D eigenvalue weighted by Crippen LogP contribution is -2.44. The van der Waals surface area contributed by atoms with E-state index < -0.39 is 12.8 Å². The Labute approximate surface area is 112 Å². The van der Waals surface area contributed by atoms with Gasteiger partial charge in [0.2, 0.25) is 0 Å². The van der Waals surface area contributed by atoms with Crippen molar-refractivity contribution in [2.45, 2.75) is 50.8 Å². The molecule has 0 saturated heterocycles. The molecule has 0 amide bonds. The van der Waals surface area contributed by atoms with E-state index in [4.69, 9.17) is 10.5 Å². The third kappa shape index (κ3) is 6.58. The topological polar surface area (TPSA) is 44.5 Å². The largest absolute Gasteiger partial charge is 0.411 e. The van der Waals surface area contributed by atoms with Gasteiger partial charge in [0, 0.05) is 19.8 Å². The maximum absolute atomic E-state index is 11.8. The molecule has 0 aromatic rings. The first-order valence-corrected chi connectivity index (χ1v) is 6.85. The summed E-state index contributed by atoms with van der Waals surface area (Å²) >= 11 is 0. The van der Waals surface area contributed by atoms with Gasteiger partial charge in [-0.15, -0.1) is 0 Å². The lowest BCUT2D eigenvalue weighted by Gasteiger charge is -2.39. The Hall–Kier alpha value is -0.330. The fourth-order valence-corrected chi connectivity index (χ4v) is 2.62. The molecule has 1 fully saturated rings. The van der Waals surface area contributed by atoms with E-state index in [2.05, 4.69) is 11.7 Å². The first-order chi connectivity index (χ1) is 8.87. The summed E-state index contributed by atoms with van der Waals surface area (Å²) in [7, 11) is 0. The van der Waals surface area contributed by atoms with Crippen molar-refractivity contribution in [2.24, 2.45) is 11.7 Å². The molecule has 1 aliphatic carbocycles. The summed E-state index contributed by atoms with van der Waals surface area (Å²) in [6.07, 6.45) is 0.386. The van der Waals surface area contributed by atoms with Crippen LogP contribution in [0, 0.1) is 5.92 Å². The first kappa shape index (κ1) is 16.7. The van der Waals surface area contributed by atoms with Crippen LogP contribution in [0.4, 0.5) is 13.2 Å². The Morgan fingerprint density at radius 2 is 2.05 bits per heavy atom. The van der Waals surface area contributed by atoms with Gasteiger partial charge in [-0.1, -0.05) is 19.8 Å². The minimum atomic E-state index is -4.25. The highest BCUT2D eigenvalue weighted by Gasteiger charge is 2.34.